The lowest BCUT2D eigenvalue weighted by atomic mass is 9.89. The molecule has 25 heavy (non-hydrogen) atoms. The van der Waals surface area contributed by atoms with Crippen LogP contribution < -0.4 is 5.32 Å². The average molecular weight is 397 g/mol. The van der Waals surface area contributed by atoms with Crippen molar-refractivity contribution < 1.29 is 4.79 Å². The second-order valence-corrected chi connectivity index (χ2v) is 8.40. The fourth-order valence-corrected chi connectivity index (χ4v) is 4.53. The molecular weight excluding hydrogens is 375 g/mol. The van der Waals surface area contributed by atoms with Crippen LogP contribution >= 0.6 is 34.5 Å². The van der Waals surface area contributed by atoms with Gasteiger partial charge in [0.05, 0.1) is 10.0 Å². The van der Waals surface area contributed by atoms with Gasteiger partial charge in [-0.3, -0.25) is 9.69 Å². The molecule has 0 bridgehead atoms. The summed E-state index contributed by atoms with van der Waals surface area (Å²) in [4.78, 5) is 16.3. The number of rotatable bonds is 5. The van der Waals surface area contributed by atoms with Crippen molar-refractivity contribution in [3.8, 4) is 0 Å². The first-order valence-electron chi connectivity index (χ1n) is 8.53. The Bertz CT molecular complexity index is 720. The molecule has 1 aromatic heterocycles. The van der Waals surface area contributed by atoms with Gasteiger partial charge in [0.2, 0.25) is 0 Å². The Morgan fingerprint density at radius 3 is 2.76 bits per heavy atom. The maximum Gasteiger partial charge on any atom is 0.251 e. The Morgan fingerprint density at radius 1 is 1.24 bits per heavy atom. The molecule has 0 radical (unpaired) electrons. The minimum atomic E-state index is -0.0833. The Hall–Kier alpha value is -1.07. The predicted octanol–water partition coefficient (Wildman–Crippen LogP) is 5.23. The van der Waals surface area contributed by atoms with E-state index in [1.54, 1.807) is 29.5 Å². The van der Waals surface area contributed by atoms with E-state index in [1.165, 1.54) is 11.3 Å². The number of hydrogen-bond donors (Lipinski definition) is 1. The third-order valence-corrected chi connectivity index (χ3v) is 6.38. The molecule has 0 aliphatic heterocycles. The maximum absolute atomic E-state index is 12.6. The quantitative estimate of drug-likeness (QED) is 0.750. The zero-order valence-electron chi connectivity index (χ0n) is 14.2. The molecule has 2 atom stereocenters. The molecule has 6 heteroatoms. The summed E-state index contributed by atoms with van der Waals surface area (Å²) < 4.78 is 0. The molecule has 2 aromatic rings. The van der Waals surface area contributed by atoms with Gasteiger partial charge in [0.15, 0.2) is 0 Å². The van der Waals surface area contributed by atoms with Crippen LogP contribution in [0.2, 0.25) is 10.0 Å². The van der Waals surface area contributed by atoms with Gasteiger partial charge in [0, 0.05) is 29.1 Å². The summed E-state index contributed by atoms with van der Waals surface area (Å²) in [5.74, 6) is -0.0833. The number of thiophene rings is 1. The van der Waals surface area contributed by atoms with E-state index < -0.39 is 0 Å². The van der Waals surface area contributed by atoms with Gasteiger partial charge in [-0.25, -0.2) is 0 Å². The van der Waals surface area contributed by atoms with E-state index >= 15 is 0 Å². The molecule has 1 saturated carbocycles. The topological polar surface area (TPSA) is 32.3 Å². The number of halogens is 2. The molecule has 134 valence electrons. The molecule has 1 N–H and O–H groups in total. The van der Waals surface area contributed by atoms with Gasteiger partial charge in [0.25, 0.3) is 5.91 Å². The van der Waals surface area contributed by atoms with Crippen LogP contribution in [-0.2, 0) is 6.54 Å². The van der Waals surface area contributed by atoms with E-state index in [-0.39, 0.29) is 11.9 Å². The Morgan fingerprint density at radius 2 is 2.04 bits per heavy atom. The molecule has 0 spiro atoms. The molecule has 1 aliphatic rings. The minimum Gasteiger partial charge on any atom is -0.348 e. The van der Waals surface area contributed by atoms with E-state index in [0.29, 0.717) is 21.7 Å². The number of carbonyl (C=O) groups excluding carboxylic acids is 1. The summed E-state index contributed by atoms with van der Waals surface area (Å²) >= 11 is 13.8. The first-order valence-corrected chi connectivity index (χ1v) is 10.2. The molecule has 0 saturated heterocycles. The number of likely N-dealkylation sites (N-methyl/N-ethyl adjacent to an activating group) is 1. The number of hydrogen-bond acceptors (Lipinski definition) is 3. The second-order valence-electron chi connectivity index (χ2n) is 6.56. The van der Waals surface area contributed by atoms with Crippen LogP contribution in [0.15, 0.2) is 35.7 Å². The summed E-state index contributed by atoms with van der Waals surface area (Å²) in [6, 6.07) is 9.76. The summed E-state index contributed by atoms with van der Waals surface area (Å²) in [7, 11) is 2.15. The van der Waals surface area contributed by atoms with Crippen LogP contribution in [0.1, 0.15) is 40.9 Å². The van der Waals surface area contributed by atoms with Gasteiger partial charge in [-0.05, 0) is 49.5 Å². The van der Waals surface area contributed by atoms with Crippen LogP contribution in [0.4, 0.5) is 0 Å². The summed E-state index contributed by atoms with van der Waals surface area (Å²) in [5.41, 5.74) is 0.555. The zero-order chi connectivity index (χ0) is 17.8. The first-order chi connectivity index (χ1) is 12.0. The molecule has 0 unspecified atom stereocenters. The number of carbonyl (C=O) groups is 1. The average Bonchev–Trinajstić information content (AvgIpc) is 3.10. The minimum absolute atomic E-state index is 0.0833. The van der Waals surface area contributed by atoms with Gasteiger partial charge < -0.3 is 5.32 Å². The lowest BCUT2D eigenvalue weighted by molar-refractivity contribution is 0.0859. The van der Waals surface area contributed by atoms with Gasteiger partial charge in [-0.2, -0.15) is 0 Å². The Labute approximate surface area is 162 Å². The molecule has 1 aliphatic carbocycles. The van der Waals surface area contributed by atoms with Gasteiger partial charge in [-0.1, -0.05) is 42.1 Å². The van der Waals surface area contributed by atoms with Crippen molar-refractivity contribution in [3.05, 3.63) is 56.2 Å². The van der Waals surface area contributed by atoms with Crippen LogP contribution in [-0.4, -0.2) is 29.9 Å². The van der Waals surface area contributed by atoms with E-state index in [9.17, 15) is 4.79 Å². The monoisotopic (exact) mass is 396 g/mol. The predicted molar refractivity (Wildman–Crippen MR) is 106 cm³/mol. The number of benzene rings is 1. The highest BCUT2D eigenvalue weighted by Gasteiger charge is 2.30. The van der Waals surface area contributed by atoms with E-state index in [4.69, 9.17) is 23.2 Å². The summed E-state index contributed by atoms with van der Waals surface area (Å²) in [5, 5.41) is 6.19. The van der Waals surface area contributed by atoms with Crippen LogP contribution in [0.25, 0.3) is 0 Å². The molecule has 1 fully saturated rings. The summed E-state index contributed by atoms with van der Waals surface area (Å²) in [6.45, 7) is 0.918. The van der Waals surface area contributed by atoms with Crippen molar-refractivity contribution in [2.45, 2.75) is 44.3 Å². The van der Waals surface area contributed by atoms with Crippen LogP contribution in [0, 0.1) is 0 Å². The summed E-state index contributed by atoms with van der Waals surface area (Å²) in [6.07, 6.45) is 4.47. The Kier molecular flexibility index (Phi) is 6.39. The standard InChI is InChI=1S/C19H22Cl2N2OS/c1-23(12-14-5-4-10-25-14)18-7-3-2-6-17(18)22-19(24)13-8-9-15(20)16(21)11-13/h4-5,8-11,17-18H,2-3,6-7,12H2,1H3,(H,22,24)/t17-,18-/m1/s1. The third-order valence-electron chi connectivity index (χ3n) is 4.78. The first kappa shape index (κ1) is 18.7. The van der Waals surface area contributed by atoms with Gasteiger partial charge in [0.1, 0.15) is 0 Å². The Balaban J connectivity index is 1.67. The zero-order valence-corrected chi connectivity index (χ0v) is 16.5. The normalized spacial score (nSPS) is 20.6. The van der Waals surface area contributed by atoms with Gasteiger partial charge in [-0.15, -0.1) is 11.3 Å². The van der Waals surface area contributed by atoms with Crippen molar-refractivity contribution >= 4 is 40.4 Å². The molecule has 3 rings (SSSR count). The fourth-order valence-electron chi connectivity index (χ4n) is 3.46. The highest BCUT2D eigenvalue weighted by Crippen LogP contribution is 2.26. The molecule has 3 nitrogen and oxygen atoms in total. The van der Waals surface area contributed by atoms with E-state index in [1.807, 2.05) is 0 Å². The SMILES string of the molecule is CN(Cc1cccs1)[C@@H]1CCCC[C@H]1NC(=O)c1ccc(Cl)c(Cl)c1. The van der Waals surface area contributed by atoms with Gasteiger partial charge >= 0.3 is 0 Å². The maximum atomic E-state index is 12.6. The van der Waals surface area contributed by atoms with Crippen LogP contribution in [0.5, 0.6) is 0 Å². The number of nitrogens with zero attached hydrogens (tertiary/aromatic N) is 1. The highest BCUT2D eigenvalue weighted by atomic mass is 35.5. The van der Waals surface area contributed by atoms with Crippen molar-refractivity contribution in [1.29, 1.82) is 0 Å². The van der Waals surface area contributed by atoms with Crippen LogP contribution in [0.3, 0.4) is 0 Å². The smallest absolute Gasteiger partial charge is 0.251 e. The fraction of sp³-hybridized carbons (Fsp3) is 0.421. The molecular formula is C19H22Cl2N2OS. The largest absolute Gasteiger partial charge is 0.348 e. The lowest BCUT2D eigenvalue weighted by Gasteiger charge is -2.38. The highest BCUT2D eigenvalue weighted by molar-refractivity contribution is 7.09. The second kappa shape index (κ2) is 8.54. The van der Waals surface area contributed by atoms with E-state index in [2.05, 4.69) is 34.8 Å². The van der Waals surface area contributed by atoms with Crippen molar-refractivity contribution in [3.63, 3.8) is 0 Å². The number of nitrogens with one attached hydrogen (secondary N) is 1. The molecule has 1 heterocycles. The molecule has 1 aromatic carbocycles. The van der Waals surface area contributed by atoms with Crippen molar-refractivity contribution in [2.75, 3.05) is 7.05 Å². The number of amides is 1. The molecule has 1 amide bonds. The van der Waals surface area contributed by atoms with Crippen molar-refractivity contribution in [1.82, 2.24) is 10.2 Å². The van der Waals surface area contributed by atoms with E-state index in [0.717, 1.165) is 25.8 Å². The lowest BCUT2D eigenvalue weighted by Crippen LogP contribution is -2.51. The third kappa shape index (κ3) is 4.76. The van der Waals surface area contributed by atoms with Crippen molar-refractivity contribution in [2.24, 2.45) is 0 Å².